The molecule has 0 unspecified atom stereocenters. The lowest BCUT2D eigenvalue weighted by Crippen LogP contribution is -2.00. The summed E-state index contributed by atoms with van der Waals surface area (Å²) in [6.45, 7) is 5.75. The molecule has 0 aromatic rings. The van der Waals surface area contributed by atoms with E-state index < -0.39 is 5.91 Å². The third kappa shape index (κ3) is 3.42. The maximum absolute atomic E-state index is 11.0. The van der Waals surface area contributed by atoms with Crippen LogP contribution >= 0.6 is 12.2 Å². The van der Waals surface area contributed by atoms with Crippen molar-refractivity contribution in [2.75, 3.05) is 6.61 Å². The van der Waals surface area contributed by atoms with Gasteiger partial charge in [-0.1, -0.05) is 0 Å². The van der Waals surface area contributed by atoms with Gasteiger partial charge in [0.25, 0.3) is 5.91 Å². The van der Waals surface area contributed by atoms with Crippen molar-refractivity contribution in [1.29, 1.82) is 0 Å². The second-order valence-electron chi connectivity index (χ2n) is 2.12. The Kier molecular flexibility index (Phi) is 5.17. The summed E-state index contributed by atoms with van der Waals surface area (Å²) < 4.78 is 5.11. The predicted octanol–water partition coefficient (Wildman–Crippen LogP) is 1.95. The van der Waals surface area contributed by atoms with Gasteiger partial charge in [0.15, 0.2) is 0 Å². The summed E-state index contributed by atoms with van der Waals surface area (Å²) >= 11 is 4.30. The Hall–Kier alpha value is -0.990. The van der Waals surface area contributed by atoms with E-state index in [9.17, 15) is 4.79 Å². The van der Waals surface area contributed by atoms with Gasteiger partial charge in [-0.2, -0.15) is 4.99 Å². The first-order valence-corrected chi connectivity index (χ1v) is 3.96. The number of hydrogen-bond acceptors (Lipinski definition) is 3. The molecule has 0 aliphatic heterocycles. The monoisotopic (exact) mass is 185 g/mol. The number of carbonyl (C=O) groups is 1. The topological polar surface area (TPSA) is 38.7 Å². The van der Waals surface area contributed by atoms with Gasteiger partial charge in [-0.15, -0.1) is 0 Å². The van der Waals surface area contributed by atoms with E-state index in [1.165, 1.54) is 0 Å². The molecule has 0 saturated heterocycles. The summed E-state index contributed by atoms with van der Waals surface area (Å²) in [5.74, 6) is 0.187. The van der Waals surface area contributed by atoms with Crippen molar-refractivity contribution in [3.05, 3.63) is 11.3 Å². The number of hydrogen-bond donors (Lipinski definition) is 0. The van der Waals surface area contributed by atoms with E-state index in [-0.39, 0.29) is 0 Å². The summed E-state index contributed by atoms with van der Waals surface area (Å²) in [5.41, 5.74) is 0.467. The van der Waals surface area contributed by atoms with Crippen LogP contribution in [0.15, 0.2) is 16.3 Å². The normalized spacial score (nSPS) is 11.2. The van der Waals surface area contributed by atoms with E-state index in [1.807, 2.05) is 12.1 Å². The molecular formula is C8H11NO2S. The number of allylic oxidation sites excluding steroid dienone is 1. The maximum atomic E-state index is 11.0. The lowest BCUT2D eigenvalue weighted by molar-refractivity contribution is -0.114. The second kappa shape index (κ2) is 5.63. The highest BCUT2D eigenvalue weighted by molar-refractivity contribution is 7.78. The van der Waals surface area contributed by atoms with Crippen molar-refractivity contribution < 1.29 is 9.53 Å². The molecule has 0 spiro atoms. The number of amides is 1. The fourth-order valence-corrected chi connectivity index (χ4v) is 0.684. The SMILES string of the molecule is CCO/C(C)=C(/C)C(=O)N=C=S. The van der Waals surface area contributed by atoms with Crippen molar-refractivity contribution in [3.63, 3.8) is 0 Å². The van der Waals surface area contributed by atoms with E-state index >= 15 is 0 Å². The van der Waals surface area contributed by atoms with E-state index in [2.05, 4.69) is 17.2 Å². The zero-order chi connectivity index (χ0) is 9.56. The smallest absolute Gasteiger partial charge is 0.284 e. The van der Waals surface area contributed by atoms with E-state index in [0.717, 1.165) is 0 Å². The molecule has 0 aromatic heterocycles. The van der Waals surface area contributed by atoms with Crippen LogP contribution < -0.4 is 0 Å². The summed E-state index contributed by atoms with van der Waals surface area (Å²) in [5, 5.41) is 2.01. The highest BCUT2D eigenvalue weighted by atomic mass is 32.1. The Morgan fingerprint density at radius 3 is 2.58 bits per heavy atom. The Bertz CT molecular complexity index is 252. The molecule has 66 valence electrons. The van der Waals surface area contributed by atoms with Crippen molar-refractivity contribution in [2.24, 2.45) is 4.99 Å². The molecule has 0 bridgehead atoms. The molecule has 0 aliphatic carbocycles. The molecule has 1 amide bonds. The quantitative estimate of drug-likeness (QED) is 0.292. The second-order valence-corrected chi connectivity index (χ2v) is 2.31. The average Bonchev–Trinajstić information content (AvgIpc) is 2.04. The van der Waals surface area contributed by atoms with Gasteiger partial charge in [-0.25, -0.2) is 0 Å². The van der Waals surface area contributed by atoms with Gasteiger partial charge < -0.3 is 4.74 Å². The van der Waals surface area contributed by atoms with Gasteiger partial charge in [0.2, 0.25) is 0 Å². The maximum Gasteiger partial charge on any atom is 0.284 e. The van der Waals surface area contributed by atoms with Crippen LogP contribution in [0.1, 0.15) is 20.8 Å². The number of aliphatic imine (C=N–C) groups is 1. The average molecular weight is 185 g/mol. The molecule has 0 atom stereocenters. The van der Waals surface area contributed by atoms with Crippen LogP contribution in [0.25, 0.3) is 0 Å². The first kappa shape index (κ1) is 11.0. The zero-order valence-corrected chi connectivity index (χ0v) is 8.20. The number of isothiocyanates is 1. The van der Waals surface area contributed by atoms with Gasteiger partial charge in [0.05, 0.1) is 17.3 Å². The summed E-state index contributed by atoms with van der Waals surface area (Å²) in [6, 6.07) is 0. The first-order valence-electron chi connectivity index (χ1n) is 3.56. The van der Waals surface area contributed by atoms with Gasteiger partial charge in [-0.05, 0) is 33.0 Å². The molecule has 0 aromatic carbocycles. The lowest BCUT2D eigenvalue weighted by atomic mass is 10.2. The lowest BCUT2D eigenvalue weighted by Gasteiger charge is -2.04. The molecule has 0 N–H and O–H groups in total. The molecule has 0 rings (SSSR count). The van der Waals surface area contributed by atoms with Gasteiger partial charge in [0.1, 0.15) is 5.76 Å². The molecule has 0 heterocycles. The van der Waals surface area contributed by atoms with Crippen LogP contribution in [0.5, 0.6) is 0 Å². The van der Waals surface area contributed by atoms with Crippen molar-refractivity contribution >= 4 is 23.3 Å². The summed E-state index contributed by atoms with van der Waals surface area (Å²) in [7, 11) is 0. The van der Waals surface area contributed by atoms with Gasteiger partial charge in [-0.3, -0.25) is 4.79 Å². The number of thiocarbonyl (C=S) groups is 1. The number of nitrogens with zero attached hydrogens (tertiary/aromatic N) is 1. The molecule has 4 heteroatoms. The largest absolute Gasteiger partial charge is 0.498 e. The Balaban J connectivity index is 4.53. The summed E-state index contributed by atoms with van der Waals surface area (Å²) in [6.07, 6.45) is 0. The predicted molar refractivity (Wildman–Crippen MR) is 50.0 cm³/mol. The van der Waals surface area contributed by atoms with Crippen molar-refractivity contribution in [2.45, 2.75) is 20.8 Å². The fourth-order valence-electron chi connectivity index (χ4n) is 0.601. The highest BCUT2D eigenvalue weighted by Gasteiger charge is 2.05. The molecule has 0 saturated carbocycles. The summed E-state index contributed by atoms with van der Waals surface area (Å²) in [4.78, 5) is 14.3. The van der Waals surface area contributed by atoms with Crippen LogP contribution in [0.2, 0.25) is 0 Å². The zero-order valence-electron chi connectivity index (χ0n) is 7.38. The minimum atomic E-state index is -0.393. The third-order valence-electron chi connectivity index (χ3n) is 1.36. The van der Waals surface area contributed by atoms with Crippen molar-refractivity contribution in [1.82, 2.24) is 0 Å². The highest BCUT2D eigenvalue weighted by Crippen LogP contribution is 2.06. The standard InChI is InChI=1S/C8H11NO2S/c1-4-11-7(3)6(2)8(10)9-5-12/h4H2,1-3H3/b7-6-. The van der Waals surface area contributed by atoms with Crippen LogP contribution in [0.4, 0.5) is 0 Å². The first-order chi connectivity index (χ1) is 5.63. The molecule has 0 aliphatic rings. The molecule has 0 radical (unpaired) electrons. The number of carbonyl (C=O) groups excluding carboxylic acids is 1. The van der Waals surface area contributed by atoms with Crippen LogP contribution in [-0.4, -0.2) is 17.7 Å². The molecule has 3 nitrogen and oxygen atoms in total. The minimum absolute atomic E-state index is 0.393. The number of ether oxygens (including phenoxy) is 1. The van der Waals surface area contributed by atoms with Crippen LogP contribution in [0.3, 0.4) is 0 Å². The molecule has 12 heavy (non-hydrogen) atoms. The van der Waals surface area contributed by atoms with Crippen LogP contribution in [0, 0.1) is 0 Å². The van der Waals surface area contributed by atoms with E-state index in [0.29, 0.717) is 17.9 Å². The van der Waals surface area contributed by atoms with Crippen molar-refractivity contribution in [3.8, 4) is 0 Å². The fraction of sp³-hybridized carbons (Fsp3) is 0.500. The molecular weight excluding hydrogens is 174 g/mol. The Labute approximate surface area is 77.1 Å². The minimum Gasteiger partial charge on any atom is -0.498 e. The Morgan fingerprint density at radius 1 is 1.58 bits per heavy atom. The van der Waals surface area contributed by atoms with Gasteiger partial charge >= 0.3 is 0 Å². The van der Waals surface area contributed by atoms with E-state index in [1.54, 1.807) is 13.8 Å². The third-order valence-corrected chi connectivity index (χ3v) is 1.45. The van der Waals surface area contributed by atoms with Crippen LogP contribution in [-0.2, 0) is 9.53 Å². The Morgan fingerprint density at radius 2 is 2.17 bits per heavy atom. The number of rotatable bonds is 3. The van der Waals surface area contributed by atoms with E-state index in [4.69, 9.17) is 4.74 Å². The van der Waals surface area contributed by atoms with Gasteiger partial charge in [0, 0.05) is 0 Å². The molecule has 0 fully saturated rings.